The Labute approximate surface area is 330 Å². The predicted molar refractivity (Wildman–Crippen MR) is 240 cm³/mol. The highest BCUT2D eigenvalue weighted by Gasteiger charge is 2.37. The Hall–Kier alpha value is -7.16. The molecule has 0 N–H and O–H groups in total. The van der Waals surface area contributed by atoms with Gasteiger partial charge in [0, 0.05) is 38.3 Å². The first kappa shape index (κ1) is 31.1. The van der Waals surface area contributed by atoms with Gasteiger partial charge in [0.15, 0.2) is 0 Å². The van der Waals surface area contributed by atoms with Crippen LogP contribution in [-0.2, 0) is 5.41 Å². The molecule has 2 nitrogen and oxygen atoms in total. The molecule has 0 saturated heterocycles. The Bertz CT molecular complexity index is 3520. The second-order valence-corrected chi connectivity index (χ2v) is 16.4. The first-order valence-corrected chi connectivity index (χ1v) is 20.0. The molecule has 0 bridgehead atoms. The molecule has 0 saturated carbocycles. The van der Waals surface area contributed by atoms with Gasteiger partial charge < -0.3 is 9.13 Å². The SMILES string of the molecule is CC1(C)c2ccccc2-c2c1ccc1c2c2cc(-c3ccc(-n4c5ccccc5c5c6cccc7c6c(cc54)-c4ccccc4-7)cc3)ccc2n1-c1ccccc1. The fourth-order valence-corrected chi connectivity index (χ4v) is 10.7. The lowest BCUT2D eigenvalue weighted by atomic mass is 9.82. The van der Waals surface area contributed by atoms with Crippen LogP contribution in [0.3, 0.4) is 0 Å². The largest absolute Gasteiger partial charge is 0.309 e. The third kappa shape index (κ3) is 3.99. The highest BCUT2D eigenvalue weighted by molar-refractivity contribution is 6.29. The summed E-state index contributed by atoms with van der Waals surface area (Å²) in [5.74, 6) is 0. The van der Waals surface area contributed by atoms with Crippen molar-refractivity contribution in [1.29, 1.82) is 0 Å². The Balaban J connectivity index is 1.02. The van der Waals surface area contributed by atoms with Crippen LogP contribution in [0.15, 0.2) is 182 Å². The van der Waals surface area contributed by atoms with Crippen molar-refractivity contribution in [2.24, 2.45) is 0 Å². The molecule has 0 unspecified atom stereocenters. The van der Waals surface area contributed by atoms with Crippen LogP contribution in [0, 0.1) is 0 Å². The topological polar surface area (TPSA) is 9.86 Å². The maximum Gasteiger partial charge on any atom is 0.0553 e. The monoisotopic (exact) mass is 724 g/mol. The van der Waals surface area contributed by atoms with Crippen LogP contribution in [0.2, 0.25) is 0 Å². The number of rotatable bonds is 3. The lowest BCUT2D eigenvalue weighted by Gasteiger charge is -2.21. The molecular weight excluding hydrogens is 689 g/mol. The van der Waals surface area contributed by atoms with E-state index in [9.17, 15) is 0 Å². The third-order valence-corrected chi connectivity index (χ3v) is 13.3. The average Bonchev–Trinajstić information content (AvgIpc) is 3.95. The first-order valence-electron chi connectivity index (χ1n) is 20.0. The van der Waals surface area contributed by atoms with Gasteiger partial charge in [-0.1, -0.05) is 141 Å². The number of fused-ring (bicyclic) bond motifs is 14. The molecule has 13 rings (SSSR count). The predicted octanol–water partition coefficient (Wildman–Crippen LogP) is 14.7. The van der Waals surface area contributed by atoms with Crippen LogP contribution < -0.4 is 0 Å². The second kappa shape index (κ2) is 11.0. The van der Waals surface area contributed by atoms with Crippen LogP contribution >= 0.6 is 0 Å². The first-order chi connectivity index (χ1) is 28.1. The van der Waals surface area contributed by atoms with E-state index in [1.807, 2.05) is 0 Å². The zero-order chi connectivity index (χ0) is 37.6. The van der Waals surface area contributed by atoms with E-state index in [0.717, 1.165) is 5.69 Å². The zero-order valence-corrected chi connectivity index (χ0v) is 31.7. The molecule has 0 fully saturated rings. The van der Waals surface area contributed by atoms with Crippen molar-refractivity contribution in [3.63, 3.8) is 0 Å². The summed E-state index contributed by atoms with van der Waals surface area (Å²) in [6.45, 7) is 4.74. The Kier molecular flexibility index (Phi) is 6.00. The van der Waals surface area contributed by atoms with Gasteiger partial charge >= 0.3 is 0 Å². The smallest absolute Gasteiger partial charge is 0.0553 e. The number of benzene rings is 9. The van der Waals surface area contributed by atoms with Crippen molar-refractivity contribution in [3.8, 4) is 55.9 Å². The Morgan fingerprint density at radius 1 is 0.333 bits per heavy atom. The number of para-hydroxylation sites is 2. The molecule has 57 heavy (non-hydrogen) atoms. The van der Waals surface area contributed by atoms with Gasteiger partial charge in [-0.25, -0.2) is 0 Å². The summed E-state index contributed by atoms with van der Waals surface area (Å²) in [6.07, 6.45) is 0. The van der Waals surface area contributed by atoms with Gasteiger partial charge in [-0.3, -0.25) is 0 Å². The van der Waals surface area contributed by atoms with Gasteiger partial charge in [0.25, 0.3) is 0 Å². The minimum atomic E-state index is -0.0714. The summed E-state index contributed by atoms with van der Waals surface area (Å²) >= 11 is 0. The molecule has 9 aromatic carbocycles. The van der Waals surface area contributed by atoms with E-state index in [0.29, 0.717) is 0 Å². The quantitative estimate of drug-likeness (QED) is 0.172. The van der Waals surface area contributed by atoms with Crippen LogP contribution in [0.4, 0.5) is 0 Å². The van der Waals surface area contributed by atoms with Gasteiger partial charge in [0.2, 0.25) is 0 Å². The van der Waals surface area contributed by atoms with Crippen molar-refractivity contribution in [3.05, 3.63) is 193 Å². The van der Waals surface area contributed by atoms with Crippen LogP contribution in [0.25, 0.3) is 110 Å². The highest BCUT2D eigenvalue weighted by atomic mass is 15.0. The highest BCUT2D eigenvalue weighted by Crippen LogP contribution is 2.54. The number of nitrogens with zero attached hydrogens (tertiary/aromatic N) is 2. The molecule has 0 atom stereocenters. The third-order valence-electron chi connectivity index (χ3n) is 13.3. The van der Waals surface area contributed by atoms with Gasteiger partial charge in [0.05, 0.1) is 22.1 Å². The zero-order valence-electron chi connectivity index (χ0n) is 31.7. The van der Waals surface area contributed by atoms with Crippen LogP contribution in [0.5, 0.6) is 0 Å². The van der Waals surface area contributed by atoms with Crippen LogP contribution in [-0.4, -0.2) is 9.13 Å². The molecule has 0 spiro atoms. The van der Waals surface area contributed by atoms with E-state index >= 15 is 0 Å². The van der Waals surface area contributed by atoms with E-state index < -0.39 is 0 Å². The summed E-state index contributed by atoms with van der Waals surface area (Å²) in [6, 6.07) is 67.9. The van der Waals surface area contributed by atoms with E-state index in [1.54, 1.807) is 0 Å². The van der Waals surface area contributed by atoms with E-state index in [4.69, 9.17) is 0 Å². The van der Waals surface area contributed by atoms with E-state index in [-0.39, 0.29) is 5.41 Å². The second-order valence-electron chi connectivity index (χ2n) is 16.4. The van der Waals surface area contributed by atoms with Crippen molar-refractivity contribution in [2.75, 3.05) is 0 Å². The molecule has 2 aliphatic carbocycles. The summed E-state index contributed by atoms with van der Waals surface area (Å²) in [5.41, 5.74) is 20.5. The fraction of sp³-hybridized carbons (Fsp3) is 0.0545. The van der Waals surface area contributed by atoms with Crippen molar-refractivity contribution >= 4 is 54.4 Å². The standard InChI is InChI=1S/C55H36N2/c1-55(2)45-21-10-8-17-40(45)53-46(55)28-30-49-54(53)44-31-34(25-29-48(44)56(49)35-13-4-3-5-14-35)33-23-26-36(27-24-33)57-47-22-11-9-18-41(47)52-42-20-12-19-39-37-15-6-7-16-38(37)43(51(39)42)32-50(52)57/h3-32H,1-2H3. The minimum absolute atomic E-state index is 0.0714. The van der Waals surface area contributed by atoms with Gasteiger partial charge in [-0.2, -0.15) is 0 Å². The molecule has 2 aliphatic rings. The summed E-state index contributed by atoms with van der Waals surface area (Å²) in [7, 11) is 0. The average molecular weight is 725 g/mol. The fourth-order valence-electron chi connectivity index (χ4n) is 10.7. The maximum absolute atomic E-state index is 2.47. The molecular formula is C55H36N2. The molecule has 0 amide bonds. The Morgan fingerprint density at radius 3 is 1.79 bits per heavy atom. The van der Waals surface area contributed by atoms with E-state index in [2.05, 4.69) is 205 Å². The Morgan fingerprint density at radius 2 is 0.947 bits per heavy atom. The molecule has 0 radical (unpaired) electrons. The van der Waals surface area contributed by atoms with Gasteiger partial charge in [0.1, 0.15) is 0 Å². The normalized spacial score (nSPS) is 13.6. The van der Waals surface area contributed by atoms with Crippen molar-refractivity contribution in [1.82, 2.24) is 9.13 Å². The molecule has 2 aromatic heterocycles. The summed E-state index contributed by atoms with van der Waals surface area (Å²) in [4.78, 5) is 0. The van der Waals surface area contributed by atoms with Gasteiger partial charge in [-0.15, -0.1) is 0 Å². The summed E-state index contributed by atoms with van der Waals surface area (Å²) < 4.78 is 4.92. The van der Waals surface area contributed by atoms with Crippen LogP contribution in [0.1, 0.15) is 25.0 Å². The lowest BCUT2D eigenvalue weighted by molar-refractivity contribution is 0.661. The molecule has 11 aromatic rings. The maximum atomic E-state index is 2.47. The number of hydrogen-bond donors (Lipinski definition) is 0. The lowest BCUT2D eigenvalue weighted by Crippen LogP contribution is -2.14. The van der Waals surface area contributed by atoms with Gasteiger partial charge in [-0.05, 0) is 121 Å². The molecule has 2 heterocycles. The minimum Gasteiger partial charge on any atom is -0.309 e. The van der Waals surface area contributed by atoms with E-state index in [1.165, 1.54) is 116 Å². The number of hydrogen-bond acceptors (Lipinski definition) is 0. The van der Waals surface area contributed by atoms with Crippen molar-refractivity contribution in [2.45, 2.75) is 19.3 Å². The summed E-state index contributed by atoms with van der Waals surface area (Å²) in [5, 5.41) is 7.91. The molecule has 0 aliphatic heterocycles. The molecule has 2 heteroatoms. The number of aromatic nitrogens is 2. The molecule has 266 valence electrons. The van der Waals surface area contributed by atoms with Crippen molar-refractivity contribution < 1.29 is 0 Å².